The van der Waals surface area contributed by atoms with Crippen LogP contribution in [-0.4, -0.2) is 41.4 Å². The Hall–Kier alpha value is -2.50. The molecule has 1 fully saturated rings. The van der Waals surface area contributed by atoms with Gasteiger partial charge in [0.05, 0.1) is 5.56 Å². The zero-order valence-electron chi connectivity index (χ0n) is 15.1. The third kappa shape index (κ3) is 3.08. The Balaban J connectivity index is 2.03. The predicted molar refractivity (Wildman–Crippen MR) is 95.1 cm³/mol. The number of carbonyl (C=O) groups excluding carboxylic acids is 1. The van der Waals surface area contributed by atoms with E-state index in [-0.39, 0.29) is 11.5 Å². The van der Waals surface area contributed by atoms with Crippen molar-refractivity contribution >= 4 is 11.7 Å². The smallest absolute Gasteiger partial charge is 0.257 e. The number of hydrogen-bond donors (Lipinski definition) is 0. The van der Waals surface area contributed by atoms with Gasteiger partial charge in [-0.1, -0.05) is 12.1 Å². The van der Waals surface area contributed by atoms with E-state index in [4.69, 9.17) is 0 Å². The van der Waals surface area contributed by atoms with Gasteiger partial charge in [0.2, 0.25) is 0 Å². The van der Waals surface area contributed by atoms with E-state index in [1.807, 2.05) is 38.9 Å². The summed E-state index contributed by atoms with van der Waals surface area (Å²) in [6.45, 7) is 4.45. The molecule has 1 saturated heterocycles. The maximum absolute atomic E-state index is 14.1. The van der Waals surface area contributed by atoms with Gasteiger partial charge < -0.3 is 9.80 Å². The Morgan fingerprint density at radius 3 is 2.68 bits per heavy atom. The highest BCUT2D eigenvalue weighted by molar-refractivity contribution is 5.95. The number of aryl methyl sites for hydroxylation is 1. The van der Waals surface area contributed by atoms with E-state index in [1.54, 1.807) is 17.0 Å². The Bertz CT molecular complexity index is 808. The van der Waals surface area contributed by atoms with Crippen molar-refractivity contribution in [2.45, 2.75) is 32.2 Å². The lowest BCUT2D eigenvalue weighted by Crippen LogP contribution is -2.44. The van der Waals surface area contributed by atoms with Crippen LogP contribution in [0.1, 0.15) is 41.6 Å². The van der Waals surface area contributed by atoms with Crippen molar-refractivity contribution in [3.63, 3.8) is 0 Å². The first-order valence-electron chi connectivity index (χ1n) is 8.43. The minimum Gasteiger partial charge on any atom is -0.363 e. The topological polar surface area (TPSA) is 49.3 Å². The van der Waals surface area contributed by atoms with Gasteiger partial charge >= 0.3 is 0 Å². The summed E-state index contributed by atoms with van der Waals surface area (Å²) in [5, 5.41) is 0. The molecule has 3 rings (SSSR count). The number of nitrogens with zero attached hydrogens (tertiary/aromatic N) is 4. The number of anilines is 1. The summed E-state index contributed by atoms with van der Waals surface area (Å²) in [5.41, 5.74) is 0.298. The minimum atomic E-state index is -0.643. The van der Waals surface area contributed by atoms with Crippen LogP contribution in [0.15, 0.2) is 30.3 Å². The summed E-state index contributed by atoms with van der Waals surface area (Å²) >= 11 is 0. The van der Waals surface area contributed by atoms with Crippen LogP contribution in [0.25, 0.3) is 0 Å². The second kappa shape index (κ2) is 6.43. The second-order valence-corrected chi connectivity index (χ2v) is 6.90. The Morgan fingerprint density at radius 2 is 2.00 bits per heavy atom. The van der Waals surface area contributed by atoms with Crippen molar-refractivity contribution in [1.82, 2.24) is 14.9 Å². The van der Waals surface area contributed by atoms with Gasteiger partial charge in [-0.05, 0) is 38.8 Å². The third-order valence-corrected chi connectivity index (χ3v) is 4.77. The highest BCUT2D eigenvalue weighted by atomic mass is 19.1. The van der Waals surface area contributed by atoms with E-state index in [9.17, 15) is 9.18 Å². The molecule has 1 aromatic heterocycles. The van der Waals surface area contributed by atoms with E-state index >= 15 is 0 Å². The molecule has 132 valence electrons. The first-order valence-corrected chi connectivity index (χ1v) is 8.43. The number of benzene rings is 1. The molecule has 1 unspecified atom stereocenters. The molecule has 0 radical (unpaired) electrons. The van der Waals surface area contributed by atoms with Crippen molar-refractivity contribution in [2.24, 2.45) is 0 Å². The van der Waals surface area contributed by atoms with Crippen molar-refractivity contribution < 1.29 is 9.18 Å². The number of aromatic nitrogens is 2. The molecule has 1 aromatic carbocycles. The summed E-state index contributed by atoms with van der Waals surface area (Å²) in [4.78, 5) is 25.9. The van der Waals surface area contributed by atoms with E-state index in [0.29, 0.717) is 12.4 Å². The van der Waals surface area contributed by atoms with Crippen LogP contribution < -0.4 is 4.90 Å². The van der Waals surface area contributed by atoms with Gasteiger partial charge in [0.25, 0.3) is 5.91 Å². The molecule has 5 nitrogen and oxygen atoms in total. The first-order chi connectivity index (χ1) is 11.8. The summed E-state index contributed by atoms with van der Waals surface area (Å²) < 4.78 is 14.1. The molecule has 0 spiro atoms. The second-order valence-electron chi connectivity index (χ2n) is 6.90. The van der Waals surface area contributed by atoms with E-state index in [0.717, 1.165) is 24.4 Å². The quantitative estimate of drug-likeness (QED) is 0.860. The highest BCUT2D eigenvalue weighted by Gasteiger charge is 2.44. The normalized spacial score (nSPS) is 20.0. The fourth-order valence-electron chi connectivity index (χ4n) is 3.32. The molecule has 1 aliphatic rings. The maximum Gasteiger partial charge on any atom is 0.257 e. The van der Waals surface area contributed by atoms with Crippen molar-refractivity contribution in [3.05, 3.63) is 53.2 Å². The standard InChI is InChI=1S/C19H23FN4O/c1-13-12-16(23(3)4)22-18(21-13)19(2)10-7-11-24(19)17(25)14-8-5-6-9-15(14)20/h5-6,8-9,12H,7,10-11H2,1-4H3. The zero-order chi connectivity index (χ0) is 18.2. The number of halogens is 1. The number of amides is 1. The van der Waals surface area contributed by atoms with Crippen LogP contribution >= 0.6 is 0 Å². The molecular formula is C19H23FN4O. The molecule has 0 N–H and O–H groups in total. The predicted octanol–water partition coefficient (Wildman–Crippen LogP) is 3.14. The number of likely N-dealkylation sites (tertiary alicyclic amines) is 1. The van der Waals surface area contributed by atoms with Gasteiger partial charge in [-0.25, -0.2) is 14.4 Å². The van der Waals surface area contributed by atoms with E-state index in [1.165, 1.54) is 12.1 Å². The molecule has 0 aliphatic carbocycles. The maximum atomic E-state index is 14.1. The number of rotatable bonds is 3. The summed E-state index contributed by atoms with van der Waals surface area (Å²) in [5.74, 6) is 0.600. The minimum absolute atomic E-state index is 0.0936. The van der Waals surface area contributed by atoms with Crippen LogP contribution in [-0.2, 0) is 5.54 Å². The summed E-state index contributed by atoms with van der Waals surface area (Å²) in [7, 11) is 3.84. The zero-order valence-corrected chi connectivity index (χ0v) is 15.1. The molecule has 0 saturated carbocycles. The number of carbonyl (C=O) groups is 1. The Labute approximate surface area is 147 Å². The van der Waals surface area contributed by atoms with Gasteiger partial charge in [-0.15, -0.1) is 0 Å². The lowest BCUT2D eigenvalue weighted by atomic mass is 9.96. The Morgan fingerprint density at radius 1 is 1.28 bits per heavy atom. The molecule has 0 bridgehead atoms. The molecule has 2 heterocycles. The SMILES string of the molecule is Cc1cc(N(C)C)nc(C2(C)CCCN2C(=O)c2ccccc2F)n1. The average Bonchev–Trinajstić information content (AvgIpc) is 2.97. The van der Waals surface area contributed by atoms with Crippen molar-refractivity contribution in [1.29, 1.82) is 0 Å². The van der Waals surface area contributed by atoms with Gasteiger partial charge in [0.15, 0.2) is 5.82 Å². The van der Waals surface area contributed by atoms with Crippen LogP contribution in [0.2, 0.25) is 0 Å². The molecule has 1 amide bonds. The summed E-state index contributed by atoms with van der Waals surface area (Å²) in [6, 6.07) is 8.01. The summed E-state index contributed by atoms with van der Waals surface area (Å²) in [6.07, 6.45) is 1.59. The van der Waals surface area contributed by atoms with Crippen LogP contribution in [0.3, 0.4) is 0 Å². The fraction of sp³-hybridized carbons (Fsp3) is 0.421. The van der Waals surface area contributed by atoms with Crippen LogP contribution in [0, 0.1) is 12.7 Å². The molecule has 2 aromatic rings. The van der Waals surface area contributed by atoms with Crippen molar-refractivity contribution in [2.75, 3.05) is 25.5 Å². The Kier molecular flexibility index (Phi) is 4.45. The van der Waals surface area contributed by atoms with Gasteiger partial charge in [-0.2, -0.15) is 0 Å². The molecule has 6 heteroatoms. The fourth-order valence-corrected chi connectivity index (χ4v) is 3.32. The van der Waals surface area contributed by atoms with E-state index < -0.39 is 11.4 Å². The van der Waals surface area contributed by atoms with Crippen LogP contribution in [0.4, 0.5) is 10.2 Å². The monoisotopic (exact) mass is 342 g/mol. The molecule has 1 atom stereocenters. The van der Waals surface area contributed by atoms with Gasteiger partial charge in [-0.3, -0.25) is 4.79 Å². The number of hydrogen-bond acceptors (Lipinski definition) is 4. The van der Waals surface area contributed by atoms with Crippen molar-refractivity contribution in [3.8, 4) is 0 Å². The molecular weight excluding hydrogens is 319 g/mol. The molecule has 25 heavy (non-hydrogen) atoms. The third-order valence-electron chi connectivity index (χ3n) is 4.77. The lowest BCUT2D eigenvalue weighted by molar-refractivity contribution is 0.0599. The van der Waals surface area contributed by atoms with Gasteiger partial charge in [0, 0.05) is 32.4 Å². The van der Waals surface area contributed by atoms with E-state index in [2.05, 4.69) is 9.97 Å². The highest BCUT2D eigenvalue weighted by Crippen LogP contribution is 2.38. The lowest BCUT2D eigenvalue weighted by Gasteiger charge is -2.34. The average molecular weight is 342 g/mol. The first kappa shape index (κ1) is 17.3. The molecule has 1 aliphatic heterocycles. The van der Waals surface area contributed by atoms with Crippen LogP contribution in [0.5, 0.6) is 0 Å². The van der Waals surface area contributed by atoms with Gasteiger partial charge in [0.1, 0.15) is 17.2 Å². The largest absolute Gasteiger partial charge is 0.363 e.